The topological polar surface area (TPSA) is 79.7 Å². The number of benzene rings is 2. The van der Waals surface area contributed by atoms with Gasteiger partial charge in [0.15, 0.2) is 0 Å². The van der Waals surface area contributed by atoms with Gasteiger partial charge in [0.1, 0.15) is 0 Å². The molecule has 0 radical (unpaired) electrons. The minimum absolute atomic E-state index is 0.0283. The highest BCUT2D eigenvalue weighted by Gasteiger charge is 2.19. The van der Waals surface area contributed by atoms with Crippen molar-refractivity contribution in [3.63, 3.8) is 0 Å². The summed E-state index contributed by atoms with van der Waals surface area (Å²) in [6.07, 6.45) is 1.93. The first-order valence-corrected chi connectivity index (χ1v) is 12.5. The first-order chi connectivity index (χ1) is 17.4. The molecule has 1 saturated heterocycles. The summed E-state index contributed by atoms with van der Waals surface area (Å²) in [5.74, 6) is 0.442. The summed E-state index contributed by atoms with van der Waals surface area (Å²) in [6.45, 7) is 10.1. The van der Waals surface area contributed by atoms with E-state index >= 15 is 0 Å². The lowest BCUT2D eigenvalue weighted by atomic mass is 10.0. The summed E-state index contributed by atoms with van der Waals surface area (Å²) >= 11 is 0. The van der Waals surface area contributed by atoms with Crippen molar-refractivity contribution in [3.05, 3.63) is 66.4 Å². The van der Waals surface area contributed by atoms with Crippen LogP contribution in [0.15, 0.2) is 60.8 Å². The molecule has 8 heteroatoms. The highest BCUT2D eigenvalue weighted by atomic mass is 16.5. The third-order valence-corrected chi connectivity index (χ3v) is 6.43. The molecule has 36 heavy (non-hydrogen) atoms. The standard InChI is InChI=1S/C28H35N5O3/c1-21(2)23-9-11-25(12-10-23)33-19-26(24-7-5-4-6-8-24)29-28(33)30-27(35)20-32(22(3)34)14-13-31-15-17-36-18-16-31/h4-12,19,21H,13-18,20H2,1-3H3,(H,29,30,35). The number of aromatic nitrogens is 2. The molecule has 2 amide bonds. The van der Waals surface area contributed by atoms with E-state index in [4.69, 9.17) is 9.72 Å². The van der Waals surface area contributed by atoms with Crippen LogP contribution in [0.4, 0.5) is 5.95 Å². The van der Waals surface area contributed by atoms with Gasteiger partial charge >= 0.3 is 0 Å². The molecule has 0 saturated carbocycles. The van der Waals surface area contributed by atoms with E-state index in [2.05, 4.69) is 36.2 Å². The molecule has 1 N–H and O–H groups in total. The quantitative estimate of drug-likeness (QED) is 0.495. The Morgan fingerprint density at radius 1 is 1.06 bits per heavy atom. The van der Waals surface area contributed by atoms with Crippen molar-refractivity contribution in [2.24, 2.45) is 0 Å². The second kappa shape index (κ2) is 12.0. The van der Waals surface area contributed by atoms with E-state index in [0.29, 0.717) is 38.2 Å². The zero-order valence-corrected chi connectivity index (χ0v) is 21.3. The molecule has 0 unspecified atom stereocenters. The van der Waals surface area contributed by atoms with Crippen LogP contribution in [0.1, 0.15) is 32.3 Å². The Kier molecular flexibility index (Phi) is 8.51. The summed E-state index contributed by atoms with van der Waals surface area (Å²) in [5.41, 5.74) is 3.86. The maximum atomic E-state index is 13.1. The monoisotopic (exact) mass is 489 g/mol. The van der Waals surface area contributed by atoms with Crippen LogP contribution in [0.2, 0.25) is 0 Å². The number of carbonyl (C=O) groups excluding carboxylic acids is 2. The molecule has 2 aromatic carbocycles. The first-order valence-electron chi connectivity index (χ1n) is 12.5. The van der Waals surface area contributed by atoms with E-state index in [1.807, 2.05) is 53.2 Å². The molecule has 2 heterocycles. The van der Waals surface area contributed by atoms with E-state index in [0.717, 1.165) is 30.0 Å². The predicted octanol–water partition coefficient (Wildman–Crippen LogP) is 3.78. The molecule has 1 aromatic heterocycles. The lowest BCUT2D eigenvalue weighted by molar-refractivity contribution is -0.133. The Morgan fingerprint density at radius 3 is 2.39 bits per heavy atom. The fourth-order valence-electron chi connectivity index (χ4n) is 4.21. The molecule has 0 bridgehead atoms. The molecule has 3 aromatic rings. The minimum Gasteiger partial charge on any atom is -0.379 e. The number of amides is 2. The fourth-order valence-corrected chi connectivity index (χ4v) is 4.21. The lowest BCUT2D eigenvalue weighted by Gasteiger charge is -2.29. The Hall–Kier alpha value is -3.49. The van der Waals surface area contributed by atoms with Crippen molar-refractivity contribution < 1.29 is 14.3 Å². The smallest absolute Gasteiger partial charge is 0.246 e. The van der Waals surface area contributed by atoms with E-state index in [-0.39, 0.29) is 18.4 Å². The number of morpholine rings is 1. The molecular formula is C28H35N5O3. The van der Waals surface area contributed by atoms with Gasteiger partial charge in [-0.1, -0.05) is 56.3 Å². The highest BCUT2D eigenvalue weighted by molar-refractivity contribution is 5.93. The number of anilines is 1. The summed E-state index contributed by atoms with van der Waals surface area (Å²) in [5, 5.41) is 2.95. The van der Waals surface area contributed by atoms with Crippen molar-refractivity contribution in [1.82, 2.24) is 19.4 Å². The van der Waals surface area contributed by atoms with Crippen LogP contribution in [0.3, 0.4) is 0 Å². The summed E-state index contributed by atoms with van der Waals surface area (Å²) < 4.78 is 7.27. The van der Waals surface area contributed by atoms with E-state index in [1.165, 1.54) is 12.5 Å². The van der Waals surface area contributed by atoms with Gasteiger partial charge in [-0.25, -0.2) is 4.98 Å². The third kappa shape index (κ3) is 6.59. The van der Waals surface area contributed by atoms with E-state index in [1.54, 1.807) is 4.90 Å². The van der Waals surface area contributed by atoms with Crippen LogP contribution >= 0.6 is 0 Å². The predicted molar refractivity (Wildman–Crippen MR) is 141 cm³/mol. The molecule has 1 aliphatic rings. The summed E-state index contributed by atoms with van der Waals surface area (Å²) in [6, 6.07) is 18.1. The van der Waals surface area contributed by atoms with Crippen LogP contribution in [0.5, 0.6) is 0 Å². The molecular weight excluding hydrogens is 454 g/mol. The van der Waals surface area contributed by atoms with Crippen LogP contribution < -0.4 is 5.32 Å². The maximum Gasteiger partial charge on any atom is 0.246 e. The zero-order chi connectivity index (χ0) is 25.5. The largest absolute Gasteiger partial charge is 0.379 e. The number of rotatable bonds is 9. The van der Waals surface area contributed by atoms with Crippen LogP contribution in [-0.4, -0.2) is 77.1 Å². The third-order valence-electron chi connectivity index (χ3n) is 6.43. The normalized spacial score (nSPS) is 14.1. The molecule has 0 aliphatic carbocycles. The van der Waals surface area contributed by atoms with Gasteiger partial charge in [-0.2, -0.15) is 0 Å². The Balaban J connectivity index is 1.52. The molecule has 4 rings (SSSR count). The Bertz CT molecular complexity index is 1150. The van der Waals surface area contributed by atoms with E-state index in [9.17, 15) is 9.59 Å². The van der Waals surface area contributed by atoms with Gasteiger partial charge in [-0.3, -0.25) is 24.4 Å². The lowest BCUT2D eigenvalue weighted by Crippen LogP contribution is -2.44. The molecule has 0 atom stereocenters. The SMILES string of the molecule is CC(=O)N(CCN1CCOCC1)CC(=O)Nc1nc(-c2ccccc2)cn1-c1ccc(C(C)C)cc1. The highest BCUT2D eigenvalue weighted by Crippen LogP contribution is 2.25. The number of ether oxygens (including phenoxy) is 1. The van der Waals surface area contributed by atoms with Crippen molar-refractivity contribution >= 4 is 17.8 Å². The minimum atomic E-state index is -0.280. The Labute approximate surface area is 212 Å². The number of hydrogen-bond donors (Lipinski definition) is 1. The second-order valence-corrected chi connectivity index (χ2v) is 9.37. The van der Waals surface area contributed by atoms with Crippen LogP contribution in [-0.2, 0) is 14.3 Å². The summed E-state index contributed by atoms with van der Waals surface area (Å²) in [4.78, 5) is 33.9. The number of imidazole rings is 1. The summed E-state index contributed by atoms with van der Waals surface area (Å²) in [7, 11) is 0. The van der Waals surface area contributed by atoms with Crippen LogP contribution in [0.25, 0.3) is 16.9 Å². The average molecular weight is 490 g/mol. The maximum absolute atomic E-state index is 13.1. The molecule has 0 spiro atoms. The van der Waals surface area contributed by atoms with Crippen molar-refractivity contribution in [2.75, 3.05) is 51.3 Å². The van der Waals surface area contributed by atoms with Gasteiger partial charge in [0.05, 0.1) is 25.5 Å². The van der Waals surface area contributed by atoms with Gasteiger partial charge in [0, 0.05) is 50.6 Å². The molecule has 1 fully saturated rings. The van der Waals surface area contributed by atoms with Gasteiger partial charge < -0.3 is 9.64 Å². The van der Waals surface area contributed by atoms with Gasteiger partial charge in [-0.15, -0.1) is 0 Å². The number of carbonyl (C=O) groups is 2. The Morgan fingerprint density at radius 2 is 1.75 bits per heavy atom. The van der Waals surface area contributed by atoms with Gasteiger partial charge in [0.25, 0.3) is 0 Å². The van der Waals surface area contributed by atoms with E-state index < -0.39 is 0 Å². The zero-order valence-electron chi connectivity index (χ0n) is 21.3. The fraction of sp³-hybridized carbons (Fsp3) is 0.393. The molecule has 8 nitrogen and oxygen atoms in total. The van der Waals surface area contributed by atoms with Crippen LogP contribution in [0, 0.1) is 0 Å². The van der Waals surface area contributed by atoms with Gasteiger partial charge in [-0.05, 0) is 23.6 Å². The molecule has 1 aliphatic heterocycles. The average Bonchev–Trinajstić information content (AvgIpc) is 3.31. The van der Waals surface area contributed by atoms with Gasteiger partial charge in [0.2, 0.25) is 17.8 Å². The van der Waals surface area contributed by atoms with Crippen molar-refractivity contribution in [1.29, 1.82) is 0 Å². The second-order valence-electron chi connectivity index (χ2n) is 9.37. The first kappa shape index (κ1) is 25.6. The van der Waals surface area contributed by atoms with Crippen molar-refractivity contribution in [2.45, 2.75) is 26.7 Å². The number of nitrogens with zero attached hydrogens (tertiary/aromatic N) is 4. The number of nitrogens with one attached hydrogen (secondary N) is 1. The molecule has 190 valence electrons. The number of hydrogen-bond acceptors (Lipinski definition) is 5. The van der Waals surface area contributed by atoms with Crippen molar-refractivity contribution in [3.8, 4) is 16.9 Å².